The van der Waals surface area contributed by atoms with Crippen LogP contribution in [-0.2, 0) is 17.9 Å². The topological polar surface area (TPSA) is 57.6 Å². The van der Waals surface area contributed by atoms with Gasteiger partial charge in [-0.2, -0.15) is 0 Å². The van der Waals surface area contributed by atoms with Crippen molar-refractivity contribution in [2.75, 3.05) is 0 Å². The summed E-state index contributed by atoms with van der Waals surface area (Å²) in [7, 11) is 0. The number of carbonyl (C=O) groups excluding carboxylic acids is 1. The zero-order chi connectivity index (χ0) is 14.0. The minimum absolute atomic E-state index is 0.154. The van der Waals surface area contributed by atoms with Gasteiger partial charge in [-0.25, -0.2) is 4.79 Å². The van der Waals surface area contributed by atoms with Crippen molar-refractivity contribution in [3.8, 4) is 0 Å². The number of carboxylic acids is 1. The van der Waals surface area contributed by atoms with Crippen molar-refractivity contribution < 1.29 is 14.7 Å². The van der Waals surface area contributed by atoms with Crippen LogP contribution >= 0.6 is 0 Å². The van der Waals surface area contributed by atoms with E-state index in [2.05, 4.69) is 13.8 Å². The number of hydrogen-bond acceptors (Lipinski definition) is 2. The SMILES string of the molecule is CC(C)CCC(=O)N1Cc2ccc(C(=O)O)cc2C1. The summed E-state index contributed by atoms with van der Waals surface area (Å²) < 4.78 is 0. The van der Waals surface area contributed by atoms with Gasteiger partial charge in [-0.05, 0) is 35.6 Å². The van der Waals surface area contributed by atoms with E-state index in [1.165, 1.54) is 0 Å². The summed E-state index contributed by atoms with van der Waals surface area (Å²) in [5, 5.41) is 8.96. The molecule has 0 bridgehead atoms. The highest BCUT2D eigenvalue weighted by molar-refractivity contribution is 5.88. The largest absolute Gasteiger partial charge is 0.478 e. The number of nitrogens with zero attached hydrogens (tertiary/aromatic N) is 1. The van der Waals surface area contributed by atoms with Crippen LogP contribution in [-0.4, -0.2) is 21.9 Å². The average Bonchev–Trinajstić information content (AvgIpc) is 2.78. The van der Waals surface area contributed by atoms with Crippen LogP contribution in [0.25, 0.3) is 0 Å². The summed E-state index contributed by atoms with van der Waals surface area (Å²) in [6, 6.07) is 5.09. The zero-order valence-electron chi connectivity index (χ0n) is 11.3. The predicted octanol–water partition coefficient (Wildman–Crippen LogP) is 2.66. The van der Waals surface area contributed by atoms with Gasteiger partial charge >= 0.3 is 5.97 Å². The van der Waals surface area contributed by atoms with Gasteiger partial charge in [-0.3, -0.25) is 4.79 Å². The van der Waals surface area contributed by atoms with Crippen LogP contribution in [0.15, 0.2) is 18.2 Å². The lowest BCUT2D eigenvalue weighted by Crippen LogP contribution is -2.25. The lowest BCUT2D eigenvalue weighted by atomic mass is 10.1. The van der Waals surface area contributed by atoms with E-state index in [0.29, 0.717) is 25.4 Å². The van der Waals surface area contributed by atoms with Crippen LogP contribution in [0, 0.1) is 5.92 Å². The number of benzene rings is 1. The lowest BCUT2D eigenvalue weighted by Gasteiger charge is -2.15. The van der Waals surface area contributed by atoms with E-state index in [9.17, 15) is 9.59 Å². The standard InChI is InChI=1S/C15H19NO3/c1-10(2)3-6-14(17)16-8-12-5-4-11(15(18)19)7-13(12)9-16/h4-5,7,10H,3,6,8-9H2,1-2H3,(H,18,19). The van der Waals surface area contributed by atoms with Gasteiger partial charge in [0.15, 0.2) is 0 Å². The van der Waals surface area contributed by atoms with E-state index in [4.69, 9.17) is 5.11 Å². The third-order valence-corrected chi connectivity index (χ3v) is 3.46. The summed E-state index contributed by atoms with van der Waals surface area (Å²) in [6.45, 7) is 5.34. The predicted molar refractivity (Wildman–Crippen MR) is 71.7 cm³/mol. The Kier molecular flexibility index (Phi) is 3.88. The van der Waals surface area contributed by atoms with Crippen molar-refractivity contribution in [3.05, 3.63) is 34.9 Å². The molecule has 0 saturated carbocycles. The summed E-state index contributed by atoms with van der Waals surface area (Å²) >= 11 is 0. The number of rotatable bonds is 4. The fraction of sp³-hybridized carbons (Fsp3) is 0.467. The van der Waals surface area contributed by atoms with Gasteiger partial charge in [-0.1, -0.05) is 19.9 Å². The van der Waals surface area contributed by atoms with Crippen molar-refractivity contribution in [2.45, 2.75) is 39.8 Å². The van der Waals surface area contributed by atoms with Gasteiger partial charge in [0.1, 0.15) is 0 Å². The molecule has 0 radical (unpaired) electrons. The molecule has 4 heteroatoms. The average molecular weight is 261 g/mol. The van der Waals surface area contributed by atoms with Gasteiger partial charge in [-0.15, -0.1) is 0 Å². The Morgan fingerprint density at radius 1 is 1.26 bits per heavy atom. The molecular formula is C15H19NO3. The Morgan fingerprint density at radius 3 is 2.58 bits per heavy atom. The molecule has 0 spiro atoms. The lowest BCUT2D eigenvalue weighted by molar-refractivity contribution is -0.132. The Balaban J connectivity index is 2.03. The molecule has 0 aliphatic carbocycles. The maximum atomic E-state index is 12.0. The molecule has 1 N–H and O–H groups in total. The Hall–Kier alpha value is -1.84. The number of aromatic carboxylic acids is 1. The van der Waals surface area contributed by atoms with Crippen molar-refractivity contribution in [2.24, 2.45) is 5.92 Å². The highest BCUT2D eigenvalue weighted by atomic mass is 16.4. The summed E-state index contributed by atoms with van der Waals surface area (Å²) in [6.07, 6.45) is 1.46. The summed E-state index contributed by atoms with van der Waals surface area (Å²) in [5.41, 5.74) is 2.30. The first kappa shape index (κ1) is 13.6. The van der Waals surface area contributed by atoms with E-state index in [-0.39, 0.29) is 11.5 Å². The highest BCUT2D eigenvalue weighted by Crippen LogP contribution is 2.25. The first-order valence-electron chi connectivity index (χ1n) is 6.60. The van der Waals surface area contributed by atoms with Crippen molar-refractivity contribution in [3.63, 3.8) is 0 Å². The van der Waals surface area contributed by atoms with Crippen molar-refractivity contribution >= 4 is 11.9 Å². The van der Waals surface area contributed by atoms with Gasteiger partial charge in [0.05, 0.1) is 5.56 Å². The van der Waals surface area contributed by atoms with E-state index < -0.39 is 5.97 Å². The maximum Gasteiger partial charge on any atom is 0.335 e. The second-order valence-electron chi connectivity index (χ2n) is 5.47. The minimum Gasteiger partial charge on any atom is -0.478 e. The summed E-state index contributed by atoms with van der Waals surface area (Å²) in [5.74, 6) is -0.248. The molecule has 1 aliphatic rings. The fourth-order valence-electron chi connectivity index (χ4n) is 2.27. The third-order valence-electron chi connectivity index (χ3n) is 3.46. The molecule has 0 fully saturated rings. The number of carbonyl (C=O) groups is 2. The quantitative estimate of drug-likeness (QED) is 0.906. The van der Waals surface area contributed by atoms with Gasteiger partial charge in [0.25, 0.3) is 0 Å². The van der Waals surface area contributed by atoms with E-state index in [1.54, 1.807) is 17.0 Å². The molecule has 0 aromatic heterocycles. The van der Waals surface area contributed by atoms with E-state index >= 15 is 0 Å². The van der Waals surface area contributed by atoms with Crippen LogP contribution in [0.4, 0.5) is 0 Å². The monoisotopic (exact) mass is 261 g/mol. The van der Waals surface area contributed by atoms with Gasteiger partial charge in [0.2, 0.25) is 5.91 Å². The van der Waals surface area contributed by atoms with Gasteiger partial charge in [0, 0.05) is 19.5 Å². The molecule has 0 saturated heterocycles. The summed E-state index contributed by atoms with van der Waals surface area (Å²) in [4.78, 5) is 24.8. The van der Waals surface area contributed by atoms with Crippen LogP contribution in [0.2, 0.25) is 0 Å². The van der Waals surface area contributed by atoms with Crippen LogP contribution in [0.3, 0.4) is 0 Å². The minimum atomic E-state index is -0.924. The van der Waals surface area contributed by atoms with Gasteiger partial charge < -0.3 is 10.0 Å². The van der Waals surface area contributed by atoms with Crippen LogP contribution in [0.5, 0.6) is 0 Å². The van der Waals surface area contributed by atoms with E-state index in [1.807, 2.05) is 6.07 Å². The number of fused-ring (bicyclic) bond motifs is 1. The number of amides is 1. The van der Waals surface area contributed by atoms with Crippen molar-refractivity contribution in [1.82, 2.24) is 4.90 Å². The molecule has 1 aliphatic heterocycles. The maximum absolute atomic E-state index is 12.0. The van der Waals surface area contributed by atoms with E-state index in [0.717, 1.165) is 17.5 Å². The molecule has 19 heavy (non-hydrogen) atoms. The first-order chi connectivity index (χ1) is 8.97. The highest BCUT2D eigenvalue weighted by Gasteiger charge is 2.23. The van der Waals surface area contributed by atoms with Crippen molar-refractivity contribution in [1.29, 1.82) is 0 Å². The first-order valence-corrected chi connectivity index (χ1v) is 6.60. The molecule has 102 valence electrons. The Bertz CT molecular complexity index is 508. The Labute approximate surface area is 113 Å². The molecule has 1 aromatic carbocycles. The fourth-order valence-corrected chi connectivity index (χ4v) is 2.27. The molecule has 1 aromatic rings. The van der Waals surface area contributed by atoms with Crippen LogP contribution in [0.1, 0.15) is 48.2 Å². The zero-order valence-corrected chi connectivity index (χ0v) is 11.3. The second kappa shape index (κ2) is 5.43. The molecule has 1 amide bonds. The molecular weight excluding hydrogens is 242 g/mol. The Morgan fingerprint density at radius 2 is 1.95 bits per heavy atom. The molecule has 2 rings (SSSR count). The normalized spacial score (nSPS) is 13.7. The second-order valence-corrected chi connectivity index (χ2v) is 5.47. The number of carboxylic acid groups (broad SMARTS) is 1. The molecule has 1 heterocycles. The third kappa shape index (κ3) is 3.13. The number of hydrogen-bond donors (Lipinski definition) is 1. The molecule has 0 unspecified atom stereocenters. The smallest absolute Gasteiger partial charge is 0.335 e. The molecule has 0 atom stereocenters. The molecule has 4 nitrogen and oxygen atoms in total. The van der Waals surface area contributed by atoms with Crippen LogP contribution < -0.4 is 0 Å².